The van der Waals surface area contributed by atoms with Crippen molar-refractivity contribution in [1.29, 1.82) is 0 Å². The number of rotatable bonds is 2. The average molecular weight is 267 g/mol. The molecule has 1 aromatic carbocycles. The minimum Gasteiger partial charge on any atom is -0.465 e. The summed E-state index contributed by atoms with van der Waals surface area (Å²) in [5, 5.41) is 0.289. The number of benzene rings is 1. The summed E-state index contributed by atoms with van der Waals surface area (Å²) in [4.78, 5) is 22.0. The Morgan fingerprint density at radius 1 is 1.44 bits per heavy atom. The molecule has 0 saturated carbocycles. The van der Waals surface area contributed by atoms with Gasteiger partial charge in [-0.15, -0.1) is 0 Å². The fraction of sp³-hybridized carbons (Fsp3) is 0.167. The zero-order valence-electron chi connectivity index (χ0n) is 9.62. The molecule has 6 heteroatoms. The average Bonchev–Trinajstić information content (AvgIpc) is 2.30. The normalized spacial score (nSPS) is 9.22. The highest BCUT2D eigenvalue weighted by molar-refractivity contribution is 6.32. The summed E-state index contributed by atoms with van der Waals surface area (Å²) in [5.74, 6) is 4.07. The molecule has 0 atom stereocenters. The minimum atomic E-state index is -0.581. The van der Waals surface area contributed by atoms with E-state index in [-0.39, 0.29) is 22.7 Å². The number of hydrogen-bond donors (Lipinski definition) is 2. The van der Waals surface area contributed by atoms with Gasteiger partial charge in [-0.25, -0.2) is 4.79 Å². The molecule has 18 heavy (non-hydrogen) atoms. The third-order valence-electron chi connectivity index (χ3n) is 2.03. The molecular weight excluding hydrogens is 256 g/mol. The van der Waals surface area contributed by atoms with Gasteiger partial charge >= 0.3 is 5.97 Å². The summed E-state index contributed by atoms with van der Waals surface area (Å²) in [6, 6.07) is 2.82. The van der Waals surface area contributed by atoms with Crippen LogP contribution < -0.4 is 11.5 Å². The molecule has 0 heterocycles. The van der Waals surface area contributed by atoms with Crippen LogP contribution in [0.1, 0.15) is 22.3 Å². The van der Waals surface area contributed by atoms with Gasteiger partial charge in [-0.1, -0.05) is 23.4 Å². The highest BCUT2D eigenvalue weighted by Gasteiger charge is 2.12. The molecule has 0 saturated heterocycles. The van der Waals surface area contributed by atoms with Gasteiger partial charge in [-0.2, -0.15) is 0 Å². The predicted molar refractivity (Wildman–Crippen MR) is 67.9 cm³/mol. The molecule has 0 fully saturated rings. The molecular formula is C12H11ClN2O3. The number of hydrogen-bond acceptors (Lipinski definition) is 4. The van der Waals surface area contributed by atoms with Crippen LogP contribution >= 0.6 is 11.6 Å². The second kappa shape index (κ2) is 5.94. The van der Waals surface area contributed by atoms with E-state index in [4.69, 9.17) is 23.1 Å². The van der Waals surface area contributed by atoms with Gasteiger partial charge in [0, 0.05) is 11.3 Å². The first-order valence-electron chi connectivity index (χ1n) is 4.90. The lowest BCUT2D eigenvalue weighted by molar-refractivity contribution is -0.117. The Kier molecular flexibility index (Phi) is 4.58. The van der Waals surface area contributed by atoms with Crippen LogP contribution in [0.25, 0.3) is 0 Å². The molecule has 1 rings (SSSR count). The third-order valence-corrected chi connectivity index (χ3v) is 2.34. The predicted octanol–water partition coefficient (Wildman–Crippen LogP) is 0.936. The number of primary amides is 1. The summed E-state index contributed by atoms with van der Waals surface area (Å²) in [7, 11) is 1.24. The Labute approximate surface area is 109 Å². The first-order chi connectivity index (χ1) is 8.45. The molecule has 0 spiro atoms. The van der Waals surface area contributed by atoms with Crippen molar-refractivity contribution in [3.63, 3.8) is 0 Å². The van der Waals surface area contributed by atoms with Crippen LogP contribution in [0, 0.1) is 11.8 Å². The molecule has 4 N–H and O–H groups in total. The number of carbonyl (C=O) groups excluding carboxylic acids is 2. The van der Waals surface area contributed by atoms with Crippen molar-refractivity contribution in [2.45, 2.75) is 6.42 Å². The Bertz CT molecular complexity index is 558. The van der Waals surface area contributed by atoms with Crippen molar-refractivity contribution >= 4 is 29.2 Å². The number of amides is 1. The van der Waals surface area contributed by atoms with E-state index in [1.807, 2.05) is 0 Å². The lowest BCUT2D eigenvalue weighted by Gasteiger charge is -2.05. The Morgan fingerprint density at radius 3 is 2.67 bits per heavy atom. The highest BCUT2D eigenvalue weighted by Crippen LogP contribution is 2.23. The van der Waals surface area contributed by atoms with Crippen LogP contribution in [-0.4, -0.2) is 19.0 Å². The van der Waals surface area contributed by atoms with Crippen molar-refractivity contribution < 1.29 is 14.3 Å². The second-order valence-electron chi connectivity index (χ2n) is 3.36. The number of halogens is 1. The fourth-order valence-electron chi connectivity index (χ4n) is 1.20. The van der Waals surface area contributed by atoms with Gasteiger partial charge < -0.3 is 16.2 Å². The monoisotopic (exact) mass is 266 g/mol. The van der Waals surface area contributed by atoms with Crippen molar-refractivity contribution in [1.82, 2.24) is 0 Å². The van der Waals surface area contributed by atoms with Gasteiger partial charge in [-0.3, -0.25) is 4.79 Å². The van der Waals surface area contributed by atoms with Crippen molar-refractivity contribution in [2.75, 3.05) is 12.8 Å². The molecule has 0 aliphatic carbocycles. The van der Waals surface area contributed by atoms with E-state index in [1.165, 1.54) is 19.2 Å². The van der Waals surface area contributed by atoms with Crippen LogP contribution in [0.3, 0.4) is 0 Å². The van der Waals surface area contributed by atoms with Gasteiger partial charge in [0.1, 0.15) is 0 Å². The Morgan fingerprint density at radius 2 is 2.11 bits per heavy atom. The number of esters is 1. The molecule has 0 aromatic heterocycles. The number of methoxy groups -OCH3 is 1. The Hall–Kier alpha value is -2.19. The fourth-order valence-corrected chi connectivity index (χ4v) is 1.42. The Balaban J connectivity index is 3.15. The largest absolute Gasteiger partial charge is 0.465 e. The summed E-state index contributed by atoms with van der Waals surface area (Å²) in [6.07, 6.45) is -0.0890. The van der Waals surface area contributed by atoms with Gasteiger partial charge in [0.2, 0.25) is 5.91 Å². The number of carbonyl (C=O) groups is 2. The zero-order valence-corrected chi connectivity index (χ0v) is 10.4. The SMILES string of the molecule is COC(=O)c1cc(C#CCC(N)=O)c(Cl)cc1N. The second-order valence-corrected chi connectivity index (χ2v) is 3.76. The molecule has 0 aliphatic heterocycles. The van der Waals surface area contributed by atoms with E-state index in [1.54, 1.807) is 0 Å². The van der Waals surface area contributed by atoms with Gasteiger partial charge in [0.25, 0.3) is 0 Å². The number of nitrogen functional groups attached to an aromatic ring is 1. The van der Waals surface area contributed by atoms with E-state index in [0.717, 1.165) is 0 Å². The maximum Gasteiger partial charge on any atom is 0.340 e. The topological polar surface area (TPSA) is 95.4 Å². The lowest BCUT2D eigenvalue weighted by atomic mass is 10.1. The van der Waals surface area contributed by atoms with Crippen LogP contribution in [0.4, 0.5) is 5.69 Å². The number of nitrogens with two attached hydrogens (primary N) is 2. The molecule has 94 valence electrons. The first-order valence-corrected chi connectivity index (χ1v) is 5.28. The maximum atomic E-state index is 11.4. The van der Waals surface area contributed by atoms with E-state index >= 15 is 0 Å². The van der Waals surface area contributed by atoms with E-state index in [0.29, 0.717) is 5.56 Å². The maximum absolute atomic E-state index is 11.4. The highest BCUT2D eigenvalue weighted by atomic mass is 35.5. The van der Waals surface area contributed by atoms with E-state index in [9.17, 15) is 9.59 Å². The van der Waals surface area contributed by atoms with Crippen LogP contribution in [0.15, 0.2) is 12.1 Å². The van der Waals surface area contributed by atoms with E-state index in [2.05, 4.69) is 16.6 Å². The van der Waals surface area contributed by atoms with Crippen LogP contribution in [0.5, 0.6) is 0 Å². The molecule has 0 aliphatic rings. The molecule has 1 aromatic rings. The molecule has 0 radical (unpaired) electrons. The summed E-state index contributed by atoms with van der Waals surface area (Å²) in [6.45, 7) is 0. The minimum absolute atomic E-state index is 0.0890. The molecule has 0 bridgehead atoms. The third kappa shape index (κ3) is 3.40. The molecule has 1 amide bonds. The number of anilines is 1. The van der Waals surface area contributed by atoms with Crippen molar-refractivity contribution in [2.24, 2.45) is 5.73 Å². The lowest BCUT2D eigenvalue weighted by Crippen LogP contribution is -2.08. The zero-order chi connectivity index (χ0) is 13.7. The van der Waals surface area contributed by atoms with E-state index < -0.39 is 11.9 Å². The smallest absolute Gasteiger partial charge is 0.340 e. The van der Waals surface area contributed by atoms with Crippen LogP contribution in [-0.2, 0) is 9.53 Å². The number of ether oxygens (including phenoxy) is 1. The molecule has 5 nitrogen and oxygen atoms in total. The van der Waals surface area contributed by atoms with Gasteiger partial charge in [0.05, 0.1) is 24.1 Å². The van der Waals surface area contributed by atoms with Crippen molar-refractivity contribution in [3.8, 4) is 11.8 Å². The summed E-state index contributed by atoms with van der Waals surface area (Å²) in [5.41, 5.74) is 11.3. The van der Waals surface area contributed by atoms with Crippen molar-refractivity contribution in [3.05, 3.63) is 28.3 Å². The summed E-state index contributed by atoms with van der Waals surface area (Å²) < 4.78 is 4.57. The quantitative estimate of drug-likeness (QED) is 0.473. The van der Waals surface area contributed by atoms with Gasteiger partial charge in [0.15, 0.2) is 0 Å². The first kappa shape index (κ1) is 13.9. The standard InChI is InChI=1S/C12H11ClN2O3/c1-18-12(17)8-5-7(3-2-4-11(15)16)9(13)6-10(8)14/h5-6H,4,14H2,1H3,(H2,15,16). The van der Waals surface area contributed by atoms with Crippen LogP contribution in [0.2, 0.25) is 5.02 Å². The molecule has 0 unspecified atom stereocenters. The summed E-state index contributed by atoms with van der Waals surface area (Å²) >= 11 is 5.91. The van der Waals surface area contributed by atoms with Gasteiger partial charge in [-0.05, 0) is 12.1 Å².